The van der Waals surface area contributed by atoms with Crippen LogP contribution in [0.4, 0.5) is 5.13 Å². The lowest BCUT2D eigenvalue weighted by molar-refractivity contribution is 0.411. The fourth-order valence-electron chi connectivity index (χ4n) is 1.79. The molecule has 0 atom stereocenters. The number of hydrogen-bond acceptors (Lipinski definition) is 7. The summed E-state index contributed by atoms with van der Waals surface area (Å²) < 4.78 is 33.3. The number of hydrogen-bond donors (Lipinski definition) is 1. The first-order valence-electron chi connectivity index (χ1n) is 5.93. The Kier molecular flexibility index (Phi) is 4.74. The lowest BCUT2D eigenvalue weighted by Gasteiger charge is -2.13. The van der Waals surface area contributed by atoms with Gasteiger partial charge in [-0.3, -0.25) is 4.72 Å². The predicted molar refractivity (Wildman–Crippen MR) is 85.0 cm³/mol. The zero-order valence-corrected chi connectivity index (χ0v) is 14.4. The Morgan fingerprint density at radius 2 is 1.95 bits per heavy atom. The number of methoxy groups -OCH3 is 1. The standard InChI is InChI=1S/C12H15N3O3S3/c1-7-8(2)10(6-5-9(7)18-3)21(16,17)15-11-13-14-12(19-4)20-11/h5-6H,1-4H3,(H,13,15). The highest BCUT2D eigenvalue weighted by atomic mass is 32.2. The normalized spacial score (nSPS) is 11.4. The number of ether oxygens (including phenoxy) is 1. The van der Waals surface area contributed by atoms with Gasteiger partial charge in [0, 0.05) is 0 Å². The molecule has 2 rings (SSSR count). The minimum atomic E-state index is -3.69. The summed E-state index contributed by atoms with van der Waals surface area (Å²) in [5, 5.41) is 7.94. The van der Waals surface area contributed by atoms with Crippen LogP contribution >= 0.6 is 23.1 Å². The van der Waals surface area contributed by atoms with E-state index >= 15 is 0 Å². The van der Waals surface area contributed by atoms with Crippen LogP contribution < -0.4 is 9.46 Å². The quantitative estimate of drug-likeness (QED) is 0.839. The molecule has 0 bridgehead atoms. The van der Waals surface area contributed by atoms with Crippen molar-refractivity contribution in [2.75, 3.05) is 18.1 Å². The summed E-state index contributed by atoms with van der Waals surface area (Å²) in [6, 6.07) is 3.17. The van der Waals surface area contributed by atoms with E-state index in [0.29, 0.717) is 15.7 Å². The first-order valence-corrected chi connectivity index (χ1v) is 9.46. The van der Waals surface area contributed by atoms with Gasteiger partial charge in [-0.15, -0.1) is 10.2 Å². The monoisotopic (exact) mass is 345 g/mol. The first-order chi connectivity index (χ1) is 9.89. The van der Waals surface area contributed by atoms with E-state index in [1.807, 2.05) is 13.2 Å². The molecule has 0 amide bonds. The first kappa shape index (κ1) is 16.1. The molecule has 0 saturated heterocycles. The second-order valence-corrected chi connectivity index (χ2v) is 7.88. The van der Waals surface area contributed by atoms with Crippen LogP contribution in [-0.2, 0) is 10.0 Å². The van der Waals surface area contributed by atoms with E-state index in [0.717, 1.165) is 5.56 Å². The summed E-state index contributed by atoms with van der Waals surface area (Å²) in [6.07, 6.45) is 1.86. The van der Waals surface area contributed by atoms with E-state index in [2.05, 4.69) is 14.9 Å². The molecule has 0 aliphatic heterocycles. The topological polar surface area (TPSA) is 81.2 Å². The largest absolute Gasteiger partial charge is 0.496 e. The van der Waals surface area contributed by atoms with Gasteiger partial charge in [0.15, 0.2) is 4.34 Å². The van der Waals surface area contributed by atoms with Crippen LogP contribution in [0.2, 0.25) is 0 Å². The van der Waals surface area contributed by atoms with E-state index in [1.165, 1.54) is 29.2 Å². The molecule has 0 aliphatic carbocycles. The van der Waals surface area contributed by atoms with Crippen molar-refractivity contribution in [2.45, 2.75) is 23.1 Å². The molecule has 1 aromatic heterocycles. The molecule has 0 aliphatic rings. The molecule has 6 nitrogen and oxygen atoms in total. The van der Waals surface area contributed by atoms with Gasteiger partial charge in [0.1, 0.15) is 5.75 Å². The van der Waals surface area contributed by atoms with Crippen molar-refractivity contribution in [2.24, 2.45) is 0 Å². The minimum absolute atomic E-state index is 0.210. The highest BCUT2D eigenvalue weighted by molar-refractivity contribution is 8.00. The van der Waals surface area contributed by atoms with E-state index in [4.69, 9.17) is 4.74 Å². The van der Waals surface area contributed by atoms with Crippen LogP contribution in [0.3, 0.4) is 0 Å². The van der Waals surface area contributed by atoms with Crippen molar-refractivity contribution in [1.82, 2.24) is 10.2 Å². The van der Waals surface area contributed by atoms with E-state index in [1.54, 1.807) is 20.1 Å². The fraction of sp³-hybridized carbons (Fsp3) is 0.333. The van der Waals surface area contributed by atoms with E-state index in [9.17, 15) is 8.42 Å². The van der Waals surface area contributed by atoms with E-state index < -0.39 is 10.0 Å². The molecule has 0 unspecified atom stereocenters. The van der Waals surface area contributed by atoms with Gasteiger partial charge >= 0.3 is 0 Å². The van der Waals surface area contributed by atoms with Crippen molar-refractivity contribution in [3.8, 4) is 5.75 Å². The van der Waals surface area contributed by atoms with Crippen molar-refractivity contribution in [1.29, 1.82) is 0 Å². The molecular formula is C12H15N3O3S3. The maximum atomic E-state index is 12.5. The molecule has 1 N–H and O–H groups in total. The van der Waals surface area contributed by atoms with Gasteiger partial charge in [-0.2, -0.15) is 0 Å². The van der Waals surface area contributed by atoms with Gasteiger partial charge < -0.3 is 4.74 Å². The third-order valence-corrected chi connectivity index (χ3v) is 6.43. The number of anilines is 1. The Hall–Kier alpha value is -1.32. The molecule has 0 spiro atoms. The SMILES string of the molecule is COc1ccc(S(=O)(=O)Nc2nnc(SC)s2)c(C)c1C. The molecule has 114 valence electrons. The zero-order chi connectivity index (χ0) is 15.6. The van der Waals surface area contributed by atoms with Crippen molar-refractivity contribution in [3.63, 3.8) is 0 Å². The van der Waals surface area contributed by atoms with Crippen LogP contribution in [0.1, 0.15) is 11.1 Å². The molecule has 2 aromatic rings. The number of benzene rings is 1. The smallest absolute Gasteiger partial charge is 0.263 e. The zero-order valence-electron chi connectivity index (χ0n) is 12.0. The van der Waals surface area contributed by atoms with Crippen molar-refractivity contribution < 1.29 is 13.2 Å². The molecule has 9 heteroatoms. The number of nitrogens with zero attached hydrogens (tertiary/aromatic N) is 2. The highest BCUT2D eigenvalue weighted by Crippen LogP contribution is 2.29. The molecule has 0 saturated carbocycles. The minimum Gasteiger partial charge on any atom is -0.496 e. The summed E-state index contributed by atoms with van der Waals surface area (Å²) >= 11 is 2.61. The Labute approximate surface area is 132 Å². The molecule has 1 heterocycles. The average Bonchev–Trinajstić information content (AvgIpc) is 2.88. The number of thioether (sulfide) groups is 1. The fourth-order valence-corrected chi connectivity index (χ4v) is 4.49. The summed E-state index contributed by atoms with van der Waals surface area (Å²) in [5.74, 6) is 0.659. The maximum absolute atomic E-state index is 12.5. The Morgan fingerprint density at radius 3 is 2.52 bits per heavy atom. The lowest BCUT2D eigenvalue weighted by atomic mass is 10.1. The summed E-state index contributed by atoms with van der Waals surface area (Å²) in [4.78, 5) is 0.210. The van der Waals surface area contributed by atoms with Gasteiger partial charge in [-0.05, 0) is 43.4 Å². The van der Waals surface area contributed by atoms with Crippen LogP contribution in [0.15, 0.2) is 21.4 Å². The molecule has 0 fully saturated rings. The average molecular weight is 345 g/mol. The van der Waals surface area contributed by atoms with Gasteiger partial charge in [0.25, 0.3) is 10.0 Å². The summed E-state index contributed by atoms with van der Waals surface area (Å²) in [7, 11) is -2.14. The van der Waals surface area contributed by atoms with Gasteiger partial charge in [0.05, 0.1) is 12.0 Å². The van der Waals surface area contributed by atoms with Gasteiger partial charge in [0.2, 0.25) is 5.13 Å². The van der Waals surface area contributed by atoms with E-state index in [-0.39, 0.29) is 10.0 Å². The lowest BCUT2D eigenvalue weighted by Crippen LogP contribution is -2.14. The molecule has 21 heavy (non-hydrogen) atoms. The van der Waals surface area contributed by atoms with Crippen molar-refractivity contribution in [3.05, 3.63) is 23.3 Å². The van der Waals surface area contributed by atoms with Gasteiger partial charge in [-0.25, -0.2) is 8.42 Å². The number of rotatable bonds is 5. The number of aromatic nitrogens is 2. The van der Waals surface area contributed by atoms with Crippen LogP contribution in [-0.4, -0.2) is 32.0 Å². The molecular weight excluding hydrogens is 330 g/mol. The van der Waals surface area contributed by atoms with Crippen LogP contribution in [0, 0.1) is 13.8 Å². The summed E-state index contributed by atoms with van der Waals surface area (Å²) in [5.41, 5.74) is 1.44. The third kappa shape index (κ3) is 3.30. The highest BCUT2D eigenvalue weighted by Gasteiger charge is 2.21. The number of sulfonamides is 1. The van der Waals surface area contributed by atoms with Crippen molar-refractivity contribution >= 4 is 38.3 Å². The maximum Gasteiger partial charge on any atom is 0.263 e. The third-order valence-electron chi connectivity index (χ3n) is 3.00. The predicted octanol–water partition coefficient (Wildman–Crippen LogP) is 2.69. The number of nitrogens with one attached hydrogen (secondary N) is 1. The Morgan fingerprint density at radius 1 is 1.24 bits per heavy atom. The summed E-state index contributed by atoms with van der Waals surface area (Å²) in [6.45, 7) is 3.57. The second-order valence-electron chi connectivity index (χ2n) is 4.20. The van der Waals surface area contributed by atoms with Gasteiger partial charge in [-0.1, -0.05) is 23.1 Å². The molecule has 0 radical (unpaired) electrons. The van der Waals surface area contributed by atoms with Crippen LogP contribution in [0.5, 0.6) is 5.75 Å². The second kappa shape index (κ2) is 6.20. The molecule has 1 aromatic carbocycles. The van der Waals surface area contributed by atoms with Crippen LogP contribution in [0.25, 0.3) is 0 Å². The Balaban J connectivity index is 2.38. The Bertz CT molecular complexity index is 756.